The molecule has 0 unspecified atom stereocenters. The Labute approximate surface area is 252 Å². The third-order valence-electron chi connectivity index (χ3n) is 6.71. The zero-order valence-corrected chi connectivity index (χ0v) is 22.0. The predicted molar refractivity (Wildman–Crippen MR) is 109 cm³/mol. The Hall–Kier alpha value is -3.79. The van der Waals surface area contributed by atoms with Crippen LogP contribution < -0.4 is 21.9 Å². The third kappa shape index (κ3) is 4.58. The van der Waals surface area contributed by atoms with E-state index in [-0.39, 0.29) is 20.4 Å². The molecule has 249 valence electrons. The van der Waals surface area contributed by atoms with Gasteiger partial charge in [-0.05, 0) is 0 Å². The summed E-state index contributed by atoms with van der Waals surface area (Å²) in [5.41, 5.74) is -14.3. The van der Waals surface area contributed by atoms with E-state index in [0.29, 0.717) is 0 Å². The van der Waals surface area contributed by atoms with Crippen LogP contribution in [0.2, 0.25) is 0 Å². The second-order valence-corrected chi connectivity index (χ2v) is 8.80. The molecule has 0 spiro atoms. The van der Waals surface area contributed by atoms with Crippen molar-refractivity contribution in [2.45, 2.75) is 0 Å². The first-order valence-corrected chi connectivity index (χ1v) is 10.9. The molecule has 0 N–H and O–H groups in total. The topological polar surface area (TPSA) is 0 Å². The molecule has 0 bridgehead atoms. The van der Waals surface area contributed by atoms with E-state index in [0.717, 1.165) is 0 Å². The van der Waals surface area contributed by atoms with Crippen LogP contribution in [0.1, 0.15) is 0 Å². The summed E-state index contributed by atoms with van der Waals surface area (Å²) >= 11 is 0. The third-order valence-corrected chi connectivity index (χ3v) is 6.71. The minimum Gasteiger partial charge on any atom is -0.207 e. The molecule has 0 nitrogen and oxygen atoms in total. The molecule has 4 aromatic carbocycles. The SMILES string of the molecule is Fc1c(F)c(F)c([B-](c2c(F)c(F)c(F)c(F)c2F)(c2c(F)c(F)c(F)c(F)c2F)c2c(F)c(F)c(F)c(F)c2F)c(F)c1F.[Pd+]. The molecule has 0 heterocycles. The van der Waals surface area contributed by atoms with Crippen molar-refractivity contribution in [2.24, 2.45) is 0 Å². The molecule has 0 aliphatic rings. The van der Waals surface area contributed by atoms with Gasteiger partial charge in [-0.15, -0.1) is 21.9 Å². The van der Waals surface area contributed by atoms with Crippen molar-refractivity contribution < 1.29 is 108 Å². The second kappa shape index (κ2) is 12.1. The molecular weight excluding hydrogens is 785 g/mol. The van der Waals surface area contributed by atoms with Gasteiger partial charge in [0.25, 0.3) is 0 Å². The molecule has 1 radical (unpaired) electrons. The fraction of sp³-hybridized carbons (Fsp3) is 0. The van der Waals surface area contributed by atoms with E-state index in [1.54, 1.807) is 0 Å². The molecule has 0 amide bonds. The van der Waals surface area contributed by atoms with Crippen LogP contribution in [0.3, 0.4) is 0 Å². The number of hydrogen-bond donors (Lipinski definition) is 0. The number of hydrogen-bond acceptors (Lipinski definition) is 0. The number of benzene rings is 4. The Balaban J connectivity index is 0.00000576. The summed E-state index contributed by atoms with van der Waals surface area (Å²) in [4.78, 5) is 0. The molecule has 46 heavy (non-hydrogen) atoms. The van der Waals surface area contributed by atoms with Crippen molar-refractivity contribution >= 4 is 28.0 Å². The maximum atomic E-state index is 15.4. The molecule has 22 heteroatoms. The van der Waals surface area contributed by atoms with Crippen molar-refractivity contribution in [3.05, 3.63) is 116 Å². The molecular formula is C24BF20Pd. The van der Waals surface area contributed by atoms with Crippen molar-refractivity contribution in [1.29, 1.82) is 0 Å². The Morgan fingerprint density at radius 2 is 0.261 bits per heavy atom. The molecule has 0 aliphatic heterocycles. The summed E-state index contributed by atoms with van der Waals surface area (Å²) in [5, 5.41) is 0. The maximum Gasteiger partial charge on any atom is 1.00 e. The van der Waals surface area contributed by atoms with Crippen molar-refractivity contribution in [3.8, 4) is 0 Å². The van der Waals surface area contributed by atoms with Gasteiger partial charge in [-0.3, -0.25) is 0 Å². The van der Waals surface area contributed by atoms with Crippen molar-refractivity contribution in [2.75, 3.05) is 0 Å². The van der Waals surface area contributed by atoms with Gasteiger partial charge >= 0.3 is 20.4 Å². The van der Waals surface area contributed by atoms with Gasteiger partial charge in [-0.25, -0.2) is 87.8 Å². The predicted octanol–water partition coefficient (Wildman–Crippen LogP) is 5.84. The molecule has 0 aliphatic carbocycles. The first-order chi connectivity index (χ1) is 20.7. The minimum atomic E-state index is -7.22. The fourth-order valence-corrected chi connectivity index (χ4v) is 4.87. The zero-order valence-electron chi connectivity index (χ0n) is 20.5. The van der Waals surface area contributed by atoms with E-state index < -0.39 is 144 Å². The minimum absolute atomic E-state index is 0. The van der Waals surface area contributed by atoms with E-state index in [2.05, 4.69) is 0 Å². The van der Waals surface area contributed by atoms with Gasteiger partial charge in [0.05, 0.1) is 0 Å². The van der Waals surface area contributed by atoms with Gasteiger partial charge in [0.15, 0.2) is 69.8 Å². The van der Waals surface area contributed by atoms with Gasteiger partial charge in [0, 0.05) is 0 Å². The molecule has 4 rings (SSSR count). The second-order valence-electron chi connectivity index (χ2n) is 8.80. The summed E-state index contributed by atoms with van der Waals surface area (Å²) in [7, 11) is 0. The van der Waals surface area contributed by atoms with Crippen LogP contribution in [-0.2, 0) is 20.4 Å². The number of halogens is 20. The van der Waals surface area contributed by atoms with E-state index in [4.69, 9.17) is 0 Å². The van der Waals surface area contributed by atoms with E-state index in [9.17, 15) is 52.7 Å². The van der Waals surface area contributed by atoms with E-state index in [1.165, 1.54) is 0 Å². The molecule has 0 saturated heterocycles. The molecule has 0 saturated carbocycles. The Morgan fingerprint density at radius 1 is 0.174 bits per heavy atom. The Bertz CT molecular complexity index is 1580. The van der Waals surface area contributed by atoms with Gasteiger partial charge in [0.2, 0.25) is 0 Å². The largest absolute Gasteiger partial charge is 1.00 e. The van der Waals surface area contributed by atoms with Crippen LogP contribution in [0.5, 0.6) is 0 Å². The summed E-state index contributed by atoms with van der Waals surface area (Å²) < 4.78 is 294. The van der Waals surface area contributed by atoms with Crippen molar-refractivity contribution in [3.63, 3.8) is 0 Å². The monoisotopic (exact) mass is 785 g/mol. The summed E-state index contributed by atoms with van der Waals surface area (Å²) in [6.45, 7) is 0. The first-order valence-electron chi connectivity index (χ1n) is 10.9. The normalized spacial score (nSPS) is 11.7. The van der Waals surface area contributed by atoms with Crippen LogP contribution >= 0.6 is 0 Å². The number of rotatable bonds is 4. The van der Waals surface area contributed by atoms with Crippen molar-refractivity contribution in [1.82, 2.24) is 0 Å². The first kappa shape index (κ1) is 36.7. The quantitative estimate of drug-likeness (QED) is 0.106. The van der Waals surface area contributed by atoms with Crippen LogP contribution in [-0.4, -0.2) is 6.15 Å². The average molecular weight is 785 g/mol. The fourth-order valence-electron chi connectivity index (χ4n) is 4.87. The van der Waals surface area contributed by atoms with Gasteiger partial charge in [-0.1, -0.05) is 0 Å². The summed E-state index contributed by atoms with van der Waals surface area (Å²) in [6, 6.07) is 0. The molecule has 0 aromatic heterocycles. The van der Waals surface area contributed by atoms with Crippen LogP contribution in [0.15, 0.2) is 0 Å². The average Bonchev–Trinajstić information content (AvgIpc) is 3.00. The Morgan fingerprint density at radius 3 is 0.370 bits per heavy atom. The maximum absolute atomic E-state index is 15.4. The standard InChI is InChI=1S/C24BF20.Pd/c26-5-1(6(27)14(35)21(42)13(5)34)25(2-7(28)15(36)22(43)16(37)8(2)29,3-9(30)17(38)23(44)18(39)10(3)31)4-11(32)19(40)24(45)20(41)12(4)33;/q-1;+1. The van der Waals surface area contributed by atoms with E-state index >= 15 is 35.1 Å². The molecule has 4 aromatic rings. The smallest absolute Gasteiger partial charge is 0.207 e. The zero-order chi connectivity index (χ0) is 34.4. The van der Waals surface area contributed by atoms with Gasteiger partial charge < -0.3 is 0 Å². The van der Waals surface area contributed by atoms with E-state index in [1.807, 2.05) is 0 Å². The van der Waals surface area contributed by atoms with Gasteiger partial charge in [-0.2, -0.15) is 0 Å². The summed E-state index contributed by atoms with van der Waals surface area (Å²) in [5.74, 6) is -71.4. The van der Waals surface area contributed by atoms with Gasteiger partial charge in [0.1, 0.15) is 52.7 Å². The summed E-state index contributed by atoms with van der Waals surface area (Å²) in [6.07, 6.45) is -7.22. The van der Waals surface area contributed by atoms with Crippen LogP contribution in [0.25, 0.3) is 0 Å². The molecule has 0 fully saturated rings. The van der Waals surface area contributed by atoms with Crippen LogP contribution in [0.4, 0.5) is 87.8 Å². The van der Waals surface area contributed by atoms with Crippen LogP contribution in [0, 0.1) is 116 Å². The Kier molecular flexibility index (Phi) is 9.64. The molecule has 0 atom stereocenters.